The van der Waals surface area contributed by atoms with Gasteiger partial charge in [0.15, 0.2) is 5.96 Å². The molecule has 0 saturated heterocycles. The van der Waals surface area contributed by atoms with Crippen LogP contribution in [0.25, 0.3) is 0 Å². The molecule has 2 amide bonds. The molecule has 1 aromatic carbocycles. The van der Waals surface area contributed by atoms with E-state index in [1.54, 1.807) is 13.1 Å². The van der Waals surface area contributed by atoms with E-state index in [1.807, 2.05) is 19.1 Å². The summed E-state index contributed by atoms with van der Waals surface area (Å²) < 4.78 is 0. The molecule has 1 rings (SSSR count). The van der Waals surface area contributed by atoms with E-state index in [1.165, 1.54) is 4.90 Å². The van der Waals surface area contributed by atoms with Gasteiger partial charge in [-0.15, -0.1) is 0 Å². The number of nitrogens with one attached hydrogen (secondary N) is 1. The number of aryl methyl sites for hydroxylation is 1. The number of halogens is 1. The summed E-state index contributed by atoms with van der Waals surface area (Å²) in [6, 6.07) is 5.11. The third kappa shape index (κ3) is 4.42. The number of nitrogens with zero attached hydrogens (tertiary/aromatic N) is 2. The monoisotopic (exact) mass is 296 g/mol. The van der Waals surface area contributed by atoms with Crippen molar-refractivity contribution in [1.82, 2.24) is 5.32 Å². The first-order valence-corrected chi connectivity index (χ1v) is 6.95. The van der Waals surface area contributed by atoms with E-state index in [-0.39, 0.29) is 12.0 Å². The van der Waals surface area contributed by atoms with Crippen LogP contribution in [-0.2, 0) is 0 Å². The number of carbonyl (C=O) groups is 1. The van der Waals surface area contributed by atoms with Crippen LogP contribution in [0, 0.1) is 6.92 Å². The highest BCUT2D eigenvalue weighted by molar-refractivity contribution is 6.34. The highest BCUT2D eigenvalue weighted by atomic mass is 35.5. The number of nitrogens with two attached hydrogens (primary N) is 1. The lowest BCUT2D eigenvalue weighted by Crippen LogP contribution is -2.44. The molecule has 0 atom stereocenters. The van der Waals surface area contributed by atoms with Crippen molar-refractivity contribution in [3.05, 3.63) is 28.8 Å². The Morgan fingerprint density at radius 2 is 2.20 bits per heavy atom. The number of unbranched alkanes of at least 4 members (excludes halogenated alkanes) is 1. The third-order valence-corrected chi connectivity index (χ3v) is 3.16. The molecule has 0 radical (unpaired) electrons. The summed E-state index contributed by atoms with van der Waals surface area (Å²) in [4.78, 5) is 17.6. The Kier molecular flexibility index (Phi) is 6.31. The Labute approximate surface area is 124 Å². The maximum atomic E-state index is 12.1. The summed E-state index contributed by atoms with van der Waals surface area (Å²) in [6.45, 7) is 4.57. The minimum Gasteiger partial charge on any atom is -0.370 e. The quantitative estimate of drug-likeness (QED) is 0.509. The van der Waals surface area contributed by atoms with Gasteiger partial charge in [0, 0.05) is 13.6 Å². The molecule has 0 fully saturated rings. The number of carbonyl (C=O) groups excluding carboxylic acids is 1. The number of benzene rings is 1. The molecule has 0 aliphatic rings. The van der Waals surface area contributed by atoms with Crippen LogP contribution >= 0.6 is 11.6 Å². The van der Waals surface area contributed by atoms with E-state index in [4.69, 9.17) is 17.3 Å². The van der Waals surface area contributed by atoms with E-state index in [9.17, 15) is 4.79 Å². The molecule has 0 saturated carbocycles. The first-order valence-electron chi connectivity index (χ1n) is 6.57. The molecule has 0 heterocycles. The molecule has 0 spiro atoms. The lowest BCUT2D eigenvalue weighted by molar-refractivity contribution is 0.251. The SMILES string of the molecule is CCCCN=C(N)NC(=O)N(C)c1c(C)cccc1Cl. The van der Waals surface area contributed by atoms with Gasteiger partial charge in [0.05, 0.1) is 10.7 Å². The van der Waals surface area contributed by atoms with E-state index < -0.39 is 0 Å². The molecular weight excluding hydrogens is 276 g/mol. The summed E-state index contributed by atoms with van der Waals surface area (Å²) in [5.41, 5.74) is 7.24. The van der Waals surface area contributed by atoms with Gasteiger partial charge in [-0.3, -0.25) is 15.2 Å². The van der Waals surface area contributed by atoms with Crippen LogP contribution in [0.4, 0.5) is 10.5 Å². The van der Waals surface area contributed by atoms with Gasteiger partial charge in [-0.1, -0.05) is 37.1 Å². The van der Waals surface area contributed by atoms with Crippen LogP contribution in [-0.4, -0.2) is 25.6 Å². The van der Waals surface area contributed by atoms with Crippen molar-refractivity contribution >= 4 is 29.3 Å². The number of anilines is 1. The van der Waals surface area contributed by atoms with Crippen LogP contribution < -0.4 is 16.0 Å². The second-order valence-corrected chi connectivity index (χ2v) is 4.92. The average molecular weight is 297 g/mol. The minimum atomic E-state index is -0.362. The summed E-state index contributed by atoms with van der Waals surface area (Å²) in [7, 11) is 1.64. The number of hydrogen-bond donors (Lipinski definition) is 2. The van der Waals surface area contributed by atoms with Gasteiger partial charge < -0.3 is 5.73 Å². The van der Waals surface area contributed by atoms with Gasteiger partial charge >= 0.3 is 6.03 Å². The molecule has 0 aliphatic carbocycles. The average Bonchev–Trinajstić information content (AvgIpc) is 2.38. The topological polar surface area (TPSA) is 70.7 Å². The van der Waals surface area contributed by atoms with Crippen LogP contribution in [0.2, 0.25) is 5.02 Å². The second-order valence-electron chi connectivity index (χ2n) is 4.52. The standard InChI is InChI=1S/C14H21ClN4O/c1-4-5-9-17-13(16)18-14(20)19(3)12-10(2)7-6-8-11(12)15/h6-8H,4-5,9H2,1-3H3,(H3,16,17,18,20). The van der Waals surface area contributed by atoms with Gasteiger partial charge in [0.1, 0.15) is 0 Å². The molecule has 110 valence electrons. The van der Waals surface area contributed by atoms with Gasteiger partial charge in [0.25, 0.3) is 0 Å². The molecule has 1 aromatic rings. The first-order chi connectivity index (χ1) is 9.47. The van der Waals surface area contributed by atoms with Crippen LogP contribution in [0.3, 0.4) is 0 Å². The third-order valence-electron chi connectivity index (χ3n) is 2.86. The molecule has 6 heteroatoms. The van der Waals surface area contributed by atoms with Gasteiger partial charge in [-0.2, -0.15) is 0 Å². The lowest BCUT2D eigenvalue weighted by atomic mass is 10.2. The number of para-hydroxylation sites is 1. The van der Waals surface area contributed by atoms with Gasteiger partial charge in [-0.25, -0.2) is 4.79 Å². The lowest BCUT2D eigenvalue weighted by Gasteiger charge is -2.21. The summed E-state index contributed by atoms with van der Waals surface area (Å²) in [6.07, 6.45) is 1.97. The van der Waals surface area contributed by atoms with Crippen LogP contribution in [0.1, 0.15) is 25.3 Å². The molecule has 5 nitrogen and oxygen atoms in total. The predicted octanol–water partition coefficient (Wildman–Crippen LogP) is 2.91. The molecule has 0 aromatic heterocycles. The summed E-state index contributed by atoms with van der Waals surface area (Å²) in [5.74, 6) is 0.125. The summed E-state index contributed by atoms with van der Waals surface area (Å²) in [5, 5.41) is 3.07. The zero-order chi connectivity index (χ0) is 15.1. The number of rotatable bonds is 4. The van der Waals surface area contributed by atoms with Crippen molar-refractivity contribution in [2.75, 3.05) is 18.5 Å². The van der Waals surface area contributed by atoms with E-state index in [0.29, 0.717) is 17.3 Å². The van der Waals surface area contributed by atoms with Crippen molar-refractivity contribution in [2.45, 2.75) is 26.7 Å². The Morgan fingerprint density at radius 1 is 1.50 bits per heavy atom. The van der Waals surface area contributed by atoms with Crippen LogP contribution in [0.5, 0.6) is 0 Å². The molecular formula is C14H21ClN4O. The molecule has 0 bridgehead atoms. The van der Waals surface area contributed by atoms with E-state index >= 15 is 0 Å². The predicted molar refractivity (Wildman–Crippen MR) is 84.5 cm³/mol. The fourth-order valence-corrected chi connectivity index (χ4v) is 2.09. The Morgan fingerprint density at radius 3 is 2.80 bits per heavy atom. The maximum absolute atomic E-state index is 12.1. The van der Waals surface area contributed by atoms with Crippen molar-refractivity contribution in [1.29, 1.82) is 0 Å². The Balaban J connectivity index is 2.75. The Hall–Kier alpha value is -1.75. The van der Waals surface area contributed by atoms with Crippen molar-refractivity contribution in [3.63, 3.8) is 0 Å². The van der Waals surface area contributed by atoms with E-state index in [2.05, 4.69) is 17.2 Å². The minimum absolute atomic E-state index is 0.125. The fourth-order valence-electron chi connectivity index (χ4n) is 1.74. The maximum Gasteiger partial charge on any atom is 0.328 e. The molecule has 20 heavy (non-hydrogen) atoms. The number of aliphatic imine (C=N–C) groups is 1. The number of amides is 2. The van der Waals surface area contributed by atoms with Crippen molar-refractivity contribution in [2.24, 2.45) is 10.7 Å². The zero-order valence-electron chi connectivity index (χ0n) is 12.1. The first kappa shape index (κ1) is 16.3. The van der Waals surface area contributed by atoms with E-state index in [0.717, 1.165) is 18.4 Å². The molecule has 0 unspecified atom stereocenters. The fraction of sp³-hybridized carbons (Fsp3) is 0.429. The largest absolute Gasteiger partial charge is 0.370 e. The normalized spacial score (nSPS) is 11.3. The smallest absolute Gasteiger partial charge is 0.328 e. The molecule has 3 N–H and O–H groups in total. The number of guanidine groups is 1. The van der Waals surface area contributed by atoms with Crippen LogP contribution in [0.15, 0.2) is 23.2 Å². The van der Waals surface area contributed by atoms with Gasteiger partial charge in [0.2, 0.25) is 0 Å². The van der Waals surface area contributed by atoms with Crippen molar-refractivity contribution in [3.8, 4) is 0 Å². The molecule has 0 aliphatic heterocycles. The Bertz CT molecular complexity index is 482. The van der Waals surface area contributed by atoms with Gasteiger partial charge in [-0.05, 0) is 25.0 Å². The number of urea groups is 1. The zero-order valence-corrected chi connectivity index (χ0v) is 12.9. The van der Waals surface area contributed by atoms with Crippen molar-refractivity contribution < 1.29 is 4.79 Å². The number of hydrogen-bond acceptors (Lipinski definition) is 2. The highest BCUT2D eigenvalue weighted by Crippen LogP contribution is 2.28. The summed E-state index contributed by atoms with van der Waals surface area (Å²) >= 11 is 6.12. The highest BCUT2D eigenvalue weighted by Gasteiger charge is 2.16. The second kappa shape index (κ2) is 7.75.